The maximum absolute atomic E-state index is 5.71. The number of pyridine rings is 1. The molecule has 0 spiro atoms. The Morgan fingerprint density at radius 2 is 2.29 bits per heavy atom. The summed E-state index contributed by atoms with van der Waals surface area (Å²) in [5.74, 6) is 0. The van der Waals surface area contributed by atoms with Gasteiger partial charge in [0.05, 0.1) is 5.69 Å². The zero-order chi connectivity index (χ0) is 9.97. The Kier molecular flexibility index (Phi) is 2.79. The summed E-state index contributed by atoms with van der Waals surface area (Å²) in [5, 5.41) is 3.45. The molecule has 1 aromatic rings. The highest BCUT2D eigenvalue weighted by Gasteiger charge is 2.24. The van der Waals surface area contributed by atoms with Crippen LogP contribution in [0.4, 0.5) is 0 Å². The number of hydrogen-bond acceptors (Lipinski definition) is 3. The summed E-state index contributed by atoms with van der Waals surface area (Å²) in [7, 11) is 0. The van der Waals surface area contributed by atoms with E-state index in [1.54, 1.807) is 0 Å². The Hall–Kier alpha value is -0.930. The van der Waals surface area contributed by atoms with Crippen molar-refractivity contribution in [3.05, 3.63) is 29.6 Å². The predicted octanol–water partition coefficient (Wildman–Crippen LogP) is 0.969. The molecule has 1 saturated carbocycles. The first kappa shape index (κ1) is 9.62. The van der Waals surface area contributed by atoms with Crippen molar-refractivity contribution in [3.63, 3.8) is 0 Å². The Morgan fingerprint density at radius 3 is 2.93 bits per heavy atom. The van der Waals surface area contributed by atoms with Gasteiger partial charge in [0.1, 0.15) is 0 Å². The molecule has 14 heavy (non-hydrogen) atoms. The molecule has 3 nitrogen and oxygen atoms in total. The lowest BCUT2D eigenvalue weighted by Gasteiger charge is -2.33. The Bertz CT molecular complexity index is 305. The van der Waals surface area contributed by atoms with Gasteiger partial charge in [-0.3, -0.25) is 4.98 Å². The second-order valence-corrected chi connectivity index (χ2v) is 4.08. The van der Waals surface area contributed by atoms with Crippen molar-refractivity contribution in [1.29, 1.82) is 0 Å². The standard InChI is InChI=1S/C11H17N3/c1-8-3-2-4-10(14-8)7-13-11-5-9(12)6-11/h2-4,9,11,13H,5-7,12H2,1H3. The molecule has 3 N–H and O–H groups in total. The monoisotopic (exact) mass is 191 g/mol. The molecule has 1 heterocycles. The molecule has 0 atom stereocenters. The molecule has 0 amide bonds. The summed E-state index contributed by atoms with van der Waals surface area (Å²) >= 11 is 0. The van der Waals surface area contributed by atoms with Crippen LogP contribution in [0.1, 0.15) is 24.2 Å². The molecule has 0 radical (unpaired) electrons. The van der Waals surface area contributed by atoms with E-state index < -0.39 is 0 Å². The summed E-state index contributed by atoms with van der Waals surface area (Å²) < 4.78 is 0. The summed E-state index contributed by atoms with van der Waals surface area (Å²) in [6.45, 7) is 2.88. The quantitative estimate of drug-likeness (QED) is 0.748. The summed E-state index contributed by atoms with van der Waals surface area (Å²) in [5.41, 5.74) is 7.90. The van der Waals surface area contributed by atoms with Crippen LogP contribution in [-0.2, 0) is 6.54 Å². The van der Waals surface area contributed by atoms with Crippen molar-refractivity contribution >= 4 is 0 Å². The summed E-state index contributed by atoms with van der Waals surface area (Å²) in [4.78, 5) is 4.43. The largest absolute Gasteiger partial charge is 0.328 e. The summed E-state index contributed by atoms with van der Waals surface area (Å²) in [6.07, 6.45) is 2.21. The highest BCUT2D eigenvalue weighted by atomic mass is 15.0. The average molecular weight is 191 g/mol. The van der Waals surface area contributed by atoms with Crippen molar-refractivity contribution in [2.45, 2.75) is 38.4 Å². The first-order valence-electron chi connectivity index (χ1n) is 5.15. The molecule has 0 bridgehead atoms. The van der Waals surface area contributed by atoms with Crippen molar-refractivity contribution in [1.82, 2.24) is 10.3 Å². The minimum atomic E-state index is 0.415. The number of rotatable bonds is 3. The average Bonchev–Trinajstić information content (AvgIpc) is 2.11. The Labute approximate surface area is 84.7 Å². The number of nitrogens with zero attached hydrogens (tertiary/aromatic N) is 1. The third-order valence-corrected chi connectivity index (χ3v) is 2.69. The fourth-order valence-electron chi connectivity index (χ4n) is 1.78. The molecule has 76 valence electrons. The van der Waals surface area contributed by atoms with E-state index in [1.807, 2.05) is 19.1 Å². The smallest absolute Gasteiger partial charge is 0.0544 e. The first-order valence-corrected chi connectivity index (χ1v) is 5.15. The fraction of sp³-hybridized carbons (Fsp3) is 0.545. The molecule has 2 rings (SSSR count). The van der Waals surface area contributed by atoms with E-state index in [0.717, 1.165) is 30.8 Å². The van der Waals surface area contributed by atoms with Gasteiger partial charge in [0, 0.05) is 24.3 Å². The Balaban J connectivity index is 1.80. The van der Waals surface area contributed by atoms with E-state index in [1.165, 1.54) is 0 Å². The molecule has 0 aromatic carbocycles. The van der Waals surface area contributed by atoms with Crippen LogP contribution < -0.4 is 11.1 Å². The minimum Gasteiger partial charge on any atom is -0.328 e. The van der Waals surface area contributed by atoms with Gasteiger partial charge < -0.3 is 11.1 Å². The minimum absolute atomic E-state index is 0.415. The van der Waals surface area contributed by atoms with Gasteiger partial charge in [-0.2, -0.15) is 0 Å². The highest BCUT2D eigenvalue weighted by molar-refractivity contribution is 5.10. The second-order valence-electron chi connectivity index (χ2n) is 4.08. The molecule has 0 saturated heterocycles. The third-order valence-electron chi connectivity index (χ3n) is 2.69. The van der Waals surface area contributed by atoms with E-state index in [2.05, 4.69) is 16.4 Å². The molecule has 1 aliphatic rings. The van der Waals surface area contributed by atoms with Gasteiger partial charge in [-0.1, -0.05) is 6.07 Å². The molecular formula is C11H17N3. The predicted molar refractivity (Wildman–Crippen MR) is 56.8 cm³/mol. The van der Waals surface area contributed by atoms with Gasteiger partial charge in [0.15, 0.2) is 0 Å². The maximum Gasteiger partial charge on any atom is 0.0544 e. The second kappa shape index (κ2) is 4.07. The zero-order valence-corrected chi connectivity index (χ0v) is 8.53. The van der Waals surface area contributed by atoms with Gasteiger partial charge in [-0.05, 0) is 31.9 Å². The first-order chi connectivity index (χ1) is 6.74. The van der Waals surface area contributed by atoms with Crippen LogP contribution in [0, 0.1) is 6.92 Å². The van der Waals surface area contributed by atoms with E-state index >= 15 is 0 Å². The van der Waals surface area contributed by atoms with Crippen LogP contribution >= 0.6 is 0 Å². The molecule has 1 aromatic heterocycles. The van der Waals surface area contributed by atoms with Crippen molar-refractivity contribution in [2.75, 3.05) is 0 Å². The highest BCUT2D eigenvalue weighted by Crippen LogP contribution is 2.17. The number of nitrogens with one attached hydrogen (secondary N) is 1. The van der Waals surface area contributed by atoms with E-state index in [4.69, 9.17) is 5.73 Å². The van der Waals surface area contributed by atoms with Crippen molar-refractivity contribution < 1.29 is 0 Å². The van der Waals surface area contributed by atoms with Crippen LogP contribution in [0.15, 0.2) is 18.2 Å². The van der Waals surface area contributed by atoms with Gasteiger partial charge in [0.2, 0.25) is 0 Å². The Morgan fingerprint density at radius 1 is 1.50 bits per heavy atom. The lowest BCUT2D eigenvalue weighted by Crippen LogP contribution is -2.48. The third kappa shape index (κ3) is 2.30. The number of aryl methyl sites for hydroxylation is 1. The summed E-state index contributed by atoms with van der Waals surface area (Å²) in [6, 6.07) is 7.14. The molecule has 0 aliphatic heterocycles. The zero-order valence-electron chi connectivity index (χ0n) is 8.53. The van der Waals surface area contributed by atoms with Crippen LogP contribution in [0.3, 0.4) is 0 Å². The SMILES string of the molecule is Cc1cccc(CNC2CC(N)C2)n1. The lowest BCUT2D eigenvalue weighted by molar-refractivity contribution is 0.290. The molecule has 1 aliphatic carbocycles. The van der Waals surface area contributed by atoms with Crippen molar-refractivity contribution in [3.8, 4) is 0 Å². The number of hydrogen-bond donors (Lipinski definition) is 2. The normalized spacial score (nSPS) is 25.9. The maximum atomic E-state index is 5.71. The molecule has 0 unspecified atom stereocenters. The topological polar surface area (TPSA) is 50.9 Å². The van der Waals surface area contributed by atoms with Gasteiger partial charge in [0.25, 0.3) is 0 Å². The van der Waals surface area contributed by atoms with Crippen molar-refractivity contribution in [2.24, 2.45) is 5.73 Å². The van der Waals surface area contributed by atoms with Crippen LogP contribution in [0.5, 0.6) is 0 Å². The molecule has 3 heteroatoms. The number of aromatic nitrogens is 1. The van der Waals surface area contributed by atoms with E-state index in [9.17, 15) is 0 Å². The van der Waals surface area contributed by atoms with Crippen LogP contribution in [0.25, 0.3) is 0 Å². The fourth-order valence-corrected chi connectivity index (χ4v) is 1.78. The van der Waals surface area contributed by atoms with Crippen LogP contribution in [0.2, 0.25) is 0 Å². The lowest BCUT2D eigenvalue weighted by atomic mass is 9.88. The molecular weight excluding hydrogens is 174 g/mol. The van der Waals surface area contributed by atoms with Crippen LogP contribution in [-0.4, -0.2) is 17.1 Å². The van der Waals surface area contributed by atoms with Gasteiger partial charge >= 0.3 is 0 Å². The van der Waals surface area contributed by atoms with E-state index in [-0.39, 0.29) is 0 Å². The van der Waals surface area contributed by atoms with E-state index in [0.29, 0.717) is 12.1 Å². The van der Waals surface area contributed by atoms with Gasteiger partial charge in [-0.15, -0.1) is 0 Å². The molecule has 1 fully saturated rings. The number of nitrogens with two attached hydrogens (primary N) is 1. The van der Waals surface area contributed by atoms with Gasteiger partial charge in [-0.25, -0.2) is 0 Å².